The fraction of sp³-hybridized carbons (Fsp3) is 0.733. The fourth-order valence-electron chi connectivity index (χ4n) is 5.23. The van der Waals surface area contributed by atoms with Gasteiger partial charge in [0.1, 0.15) is 12.4 Å². The van der Waals surface area contributed by atoms with Crippen LogP contribution in [-0.4, -0.2) is 19.8 Å². The van der Waals surface area contributed by atoms with Gasteiger partial charge in [-0.25, -0.2) is 0 Å². The SMILES string of the molecule is CCCCCC[C@H]1CO[C@H](c2ccc(OCC=C[C@H]3CC[C@H](CCCCC)CC3)cc2)OC1. The number of allylic oxidation sites excluding steroid dienone is 1. The molecule has 1 heterocycles. The second kappa shape index (κ2) is 15.6. The molecule has 1 aromatic rings. The summed E-state index contributed by atoms with van der Waals surface area (Å²) in [4.78, 5) is 0. The summed E-state index contributed by atoms with van der Waals surface area (Å²) in [5.74, 6) is 3.18. The van der Waals surface area contributed by atoms with Crippen LogP contribution in [0.5, 0.6) is 5.75 Å². The molecular weight excluding hydrogens is 408 g/mol. The molecule has 0 aromatic heterocycles. The molecular formula is C30H48O3. The fourth-order valence-corrected chi connectivity index (χ4v) is 5.23. The van der Waals surface area contributed by atoms with Gasteiger partial charge in [-0.15, -0.1) is 0 Å². The summed E-state index contributed by atoms with van der Waals surface area (Å²) < 4.78 is 17.9. The van der Waals surface area contributed by atoms with Crippen LogP contribution < -0.4 is 4.74 Å². The standard InChI is InChI=1S/C30H48O3/c1-3-5-7-9-12-27-23-32-30(33-24-27)28-18-20-29(21-19-28)31-22-10-13-26-16-14-25(15-17-26)11-8-6-4-2/h10,13,18-21,25-27,30H,3-9,11-12,14-17,22-24H2,1-2H3/t25-,26-,27-,30-. The third kappa shape index (κ3) is 9.83. The van der Waals surface area contributed by atoms with Crippen LogP contribution in [-0.2, 0) is 9.47 Å². The van der Waals surface area contributed by atoms with E-state index < -0.39 is 0 Å². The molecule has 186 valence electrons. The highest BCUT2D eigenvalue weighted by atomic mass is 16.7. The van der Waals surface area contributed by atoms with Crippen molar-refractivity contribution in [2.24, 2.45) is 17.8 Å². The molecule has 0 atom stereocenters. The molecule has 1 aliphatic carbocycles. The van der Waals surface area contributed by atoms with Crippen LogP contribution in [0.15, 0.2) is 36.4 Å². The van der Waals surface area contributed by atoms with E-state index in [4.69, 9.17) is 14.2 Å². The Morgan fingerprint density at radius 3 is 2.12 bits per heavy atom. The minimum Gasteiger partial charge on any atom is -0.490 e. The average molecular weight is 457 g/mol. The maximum absolute atomic E-state index is 6.00. The Kier molecular flexibility index (Phi) is 12.4. The molecule has 0 bridgehead atoms. The lowest BCUT2D eigenvalue weighted by Crippen LogP contribution is -2.27. The van der Waals surface area contributed by atoms with Crippen LogP contribution in [0.3, 0.4) is 0 Å². The summed E-state index contributed by atoms with van der Waals surface area (Å²) in [6.07, 6.45) is 21.9. The number of ether oxygens (including phenoxy) is 3. The molecule has 0 spiro atoms. The van der Waals surface area contributed by atoms with Gasteiger partial charge in [0.05, 0.1) is 13.2 Å². The lowest BCUT2D eigenvalue weighted by Gasteiger charge is -2.29. The smallest absolute Gasteiger partial charge is 0.183 e. The van der Waals surface area contributed by atoms with Gasteiger partial charge in [0, 0.05) is 11.5 Å². The van der Waals surface area contributed by atoms with E-state index in [1.54, 1.807) is 0 Å². The van der Waals surface area contributed by atoms with Gasteiger partial charge in [0.15, 0.2) is 6.29 Å². The first-order valence-corrected chi connectivity index (χ1v) is 13.9. The van der Waals surface area contributed by atoms with Gasteiger partial charge < -0.3 is 14.2 Å². The second-order valence-electron chi connectivity index (χ2n) is 10.3. The van der Waals surface area contributed by atoms with Crippen molar-refractivity contribution in [2.45, 2.75) is 104 Å². The molecule has 3 rings (SSSR count). The molecule has 0 amide bonds. The molecule has 1 aromatic carbocycles. The minimum atomic E-state index is -0.233. The molecule has 1 saturated heterocycles. The minimum absolute atomic E-state index is 0.233. The van der Waals surface area contributed by atoms with Crippen molar-refractivity contribution < 1.29 is 14.2 Å². The summed E-state index contributed by atoms with van der Waals surface area (Å²) in [5.41, 5.74) is 1.08. The van der Waals surface area contributed by atoms with Crippen molar-refractivity contribution in [3.8, 4) is 5.75 Å². The second-order valence-corrected chi connectivity index (χ2v) is 10.3. The van der Waals surface area contributed by atoms with E-state index in [0.717, 1.165) is 36.4 Å². The van der Waals surface area contributed by atoms with Crippen molar-refractivity contribution in [1.82, 2.24) is 0 Å². The van der Waals surface area contributed by atoms with Gasteiger partial charge in [-0.2, -0.15) is 0 Å². The van der Waals surface area contributed by atoms with E-state index >= 15 is 0 Å². The summed E-state index contributed by atoms with van der Waals surface area (Å²) in [7, 11) is 0. The van der Waals surface area contributed by atoms with E-state index in [-0.39, 0.29) is 6.29 Å². The van der Waals surface area contributed by atoms with Gasteiger partial charge in [0.2, 0.25) is 0 Å². The van der Waals surface area contributed by atoms with Gasteiger partial charge >= 0.3 is 0 Å². The topological polar surface area (TPSA) is 27.7 Å². The van der Waals surface area contributed by atoms with Crippen LogP contribution in [0.25, 0.3) is 0 Å². The predicted molar refractivity (Wildman–Crippen MR) is 138 cm³/mol. The quantitative estimate of drug-likeness (QED) is 0.207. The van der Waals surface area contributed by atoms with Crippen LogP contribution in [0.1, 0.15) is 109 Å². The summed E-state index contributed by atoms with van der Waals surface area (Å²) in [5, 5.41) is 0. The summed E-state index contributed by atoms with van der Waals surface area (Å²) in [6.45, 7) is 6.81. The Balaban J connectivity index is 1.29. The first kappa shape index (κ1) is 26.3. The van der Waals surface area contributed by atoms with Crippen molar-refractivity contribution in [3.63, 3.8) is 0 Å². The Hall–Kier alpha value is -1.32. The first-order chi connectivity index (χ1) is 16.3. The van der Waals surface area contributed by atoms with Crippen molar-refractivity contribution in [2.75, 3.05) is 19.8 Å². The van der Waals surface area contributed by atoms with E-state index in [2.05, 4.69) is 38.1 Å². The number of hydrogen-bond donors (Lipinski definition) is 0. The molecule has 33 heavy (non-hydrogen) atoms. The van der Waals surface area contributed by atoms with Crippen molar-refractivity contribution >= 4 is 0 Å². The van der Waals surface area contributed by atoms with Gasteiger partial charge in [0.25, 0.3) is 0 Å². The number of hydrogen-bond acceptors (Lipinski definition) is 3. The van der Waals surface area contributed by atoms with E-state index in [0.29, 0.717) is 12.5 Å². The molecule has 0 radical (unpaired) electrons. The molecule has 0 unspecified atom stereocenters. The maximum Gasteiger partial charge on any atom is 0.183 e. The van der Waals surface area contributed by atoms with Crippen LogP contribution >= 0.6 is 0 Å². The zero-order chi connectivity index (χ0) is 23.1. The Morgan fingerprint density at radius 1 is 0.788 bits per heavy atom. The van der Waals surface area contributed by atoms with Crippen molar-refractivity contribution in [1.29, 1.82) is 0 Å². The third-order valence-electron chi connectivity index (χ3n) is 7.45. The Labute approximate surface area is 203 Å². The first-order valence-electron chi connectivity index (χ1n) is 13.9. The maximum atomic E-state index is 6.00. The Morgan fingerprint density at radius 2 is 1.42 bits per heavy atom. The highest BCUT2D eigenvalue weighted by Crippen LogP contribution is 2.33. The molecule has 2 fully saturated rings. The summed E-state index contributed by atoms with van der Waals surface area (Å²) in [6, 6.07) is 8.22. The number of benzene rings is 1. The van der Waals surface area contributed by atoms with Crippen molar-refractivity contribution in [3.05, 3.63) is 42.0 Å². The zero-order valence-electron chi connectivity index (χ0n) is 21.3. The van der Waals surface area contributed by atoms with Gasteiger partial charge in [-0.05, 0) is 56.1 Å². The Bertz CT molecular complexity index is 637. The summed E-state index contributed by atoms with van der Waals surface area (Å²) >= 11 is 0. The van der Waals surface area contributed by atoms with E-state index in [1.165, 1.54) is 83.5 Å². The molecule has 0 N–H and O–H groups in total. The molecule has 3 nitrogen and oxygen atoms in total. The average Bonchev–Trinajstić information content (AvgIpc) is 2.86. The van der Waals surface area contributed by atoms with Gasteiger partial charge in [-0.1, -0.05) is 89.5 Å². The van der Waals surface area contributed by atoms with Crippen LogP contribution in [0.4, 0.5) is 0 Å². The lowest BCUT2D eigenvalue weighted by molar-refractivity contribution is -0.206. The van der Waals surface area contributed by atoms with Crippen LogP contribution in [0, 0.1) is 17.8 Å². The molecule has 1 aliphatic heterocycles. The number of unbranched alkanes of at least 4 members (excludes halogenated alkanes) is 5. The zero-order valence-corrected chi connectivity index (χ0v) is 21.3. The molecule has 2 aliphatic rings. The predicted octanol–water partition coefficient (Wildman–Crippen LogP) is 8.64. The largest absolute Gasteiger partial charge is 0.490 e. The number of rotatable bonds is 14. The highest BCUT2D eigenvalue weighted by Gasteiger charge is 2.23. The van der Waals surface area contributed by atoms with Gasteiger partial charge in [-0.3, -0.25) is 0 Å². The highest BCUT2D eigenvalue weighted by molar-refractivity contribution is 5.28. The third-order valence-corrected chi connectivity index (χ3v) is 7.45. The van der Waals surface area contributed by atoms with E-state index in [9.17, 15) is 0 Å². The molecule has 3 heteroatoms. The normalized spacial score (nSPS) is 26.0. The lowest BCUT2D eigenvalue weighted by atomic mass is 9.79. The molecule has 1 saturated carbocycles. The van der Waals surface area contributed by atoms with E-state index in [1.807, 2.05) is 12.1 Å². The van der Waals surface area contributed by atoms with Crippen LogP contribution in [0.2, 0.25) is 0 Å². The monoisotopic (exact) mass is 456 g/mol.